The Morgan fingerprint density at radius 2 is 0.822 bits per heavy atom. The molecule has 0 rings (SSSR count). The van der Waals surface area contributed by atoms with Crippen LogP contribution in [0.15, 0.2) is 12.2 Å². The zero-order chi connectivity index (χ0) is 32.9. The van der Waals surface area contributed by atoms with Gasteiger partial charge in [-0.1, -0.05) is 173 Å². The molecule has 0 saturated carbocycles. The second-order valence-corrected chi connectivity index (χ2v) is 13.9. The van der Waals surface area contributed by atoms with Crippen molar-refractivity contribution in [3.05, 3.63) is 12.2 Å². The molecule has 0 radical (unpaired) electrons. The maximum absolute atomic E-state index is 12.2. The van der Waals surface area contributed by atoms with E-state index in [4.69, 9.17) is 9.84 Å². The summed E-state index contributed by atoms with van der Waals surface area (Å²) < 4.78 is 5.65. The van der Waals surface area contributed by atoms with Crippen molar-refractivity contribution < 1.29 is 19.4 Å². The van der Waals surface area contributed by atoms with Crippen molar-refractivity contribution in [2.24, 2.45) is 0 Å². The Labute approximate surface area is 281 Å². The average molecular weight is 635 g/mol. The standard InChI is InChI=1S/C41H78O4/c1-3-4-5-6-7-8-9-10-20-23-26-29-32-35-38-41(44)45-39(2)36-33-30-27-24-21-18-16-14-12-11-13-15-17-19-22-25-28-31-34-37-40(42)43/h8-9,39H,3-7,10-38H2,1-2H3,(H,42,43)/b9-8-. The quantitative estimate of drug-likeness (QED) is 0.0419. The Hall–Kier alpha value is -1.32. The predicted octanol–water partition coefficient (Wildman–Crippen LogP) is 13.8. The minimum atomic E-state index is -0.660. The lowest BCUT2D eigenvalue weighted by Gasteiger charge is -2.13. The van der Waals surface area contributed by atoms with Crippen molar-refractivity contribution in [2.45, 2.75) is 238 Å². The first-order valence-electron chi connectivity index (χ1n) is 20.1. The molecule has 1 atom stereocenters. The summed E-state index contributed by atoms with van der Waals surface area (Å²) in [6.07, 6.45) is 46.6. The highest BCUT2D eigenvalue weighted by Gasteiger charge is 2.09. The van der Waals surface area contributed by atoms with Crippen LogP contribution < -0.4 is 0 Å². The number of carboxylic acids is 1. The lowest BCUT2D eigenvalue weighted by molar-refractivity contribution is -0.148. The first-order valence-corrected chi connectivity index (χ1v) is 20.1. The topological polar surface area (TPSA) is 63.6 Å². The summed E-state index contributed by atoms with van der Waals surface area (Å²) in [6, 6.07) is 0. The van der Waals surface area contributed by atoms with Crippen molar-refractivity contribution in [3.8, 4) is 0 Å². The van der Waals surface area contributed by atoms with Gasteiger partial charge in [-0.15, -0.1) is 0 Å². The molecule has 0 spiro atoms. The summed E-state index contributed by atoms with van der Waals surface area (Å²) in [7, 11) is 0. The highest BCUT2D eigenvalue weighted by Crippen LogP contribution is 2.16. The van der Waals surface area contributed by atoms with Gasteiger partial charge in [0.1, 0.15) is 0 Å². The van der Waals surface area contributed by atoms with E-state index >= 15 is 0 Å². The first kappa shape index (κ1) is 43.7. The molecule has 0 fully saturated rings. The SMILES string of the molecule is CCCCCC/C=C\CCCCCCCCC(=O)OC(C)CCCCCCCCCCCCCCCCCCCCCC(=O)O. The third kappa shape index (κ3) is 38.8. The Bertz CT molecular complexity index is 643. The van der Waals surface area contributed by atoms with Crippen LogP contribution in [0.2, 0.25) is 0 Å². The van der Waals surface area contributed by atoms with Gasteiger partial charge in [0.05, 0.1) is 6.10 Å². The van der Waals surface area contributed by atoms with E-state index in [9.17, 15) is 9.59 Å². The average Bonchev–Trinajstić information content (AvgIpc) is 3.01. The molecule has 0 heterocycles. The zero-order valence-electron chi connectivity index (χ0n) is 30.4. The van der Waals surface area contributed by atoms with Gasteiger partial charge in [0, 0.05) is 12.8 Å². The molecule has 0 aromatic heterocycles. The Morgan fingerprint density at radius 1 is 0.489 bits per heavy atom. The second-order valence-electron chi connectivity index (χ2n) is 13.9. The van der Waals surface area contributed by atoms with Gasteiger partial charge < -0.3 is 9.84 Å². The van der Waals surface area contributed by atoms with E-state index in [0.29, 0.717) is 12.8 Å². The molecule has 0 amide bonds. The zero-order valence-corrected chi connectivity index (χ0v) is 30.4. The highest BCUT2D eigenvalue weighted by molar-refractivity contribution is 5.69. The van der Waals surface area contributed by atoms with Gasteiger partial charge in [-0.3, -0.25) is 9.59 Å². The fourth-order valence-electron chi connectivity index (χ4n) is 6.22. The molecule has 0 aliphatic carbocycles. The van der Waals surface area contributed by atoms with Crippen molar-refractivity contribution >= 4 is 11.9 Å². The molecular weight excluding hydrogens is 556 g/mol. The van der Waals surface area contributed by atoms with Crippen LogP contribution in [0.3, 0.4) is 0 Å². The van der Waals surface area contributed by atoms with Gasteiger partial charge in [-0.2, -0.15) is 0 Å². The van der Waals surface area contributed by atoms with E-state index in [1.54, 1.807) is 0 Å². The normalized spacial score (nSPS) is 12.2. The third-order valence-electron chi connectivity index (χ3n) is 9.23. The van der Waals surface area contributed by atoms with Gasteiger partial charge in [0.15, 0.2) is 0 Å². The van der Waals surface area contributed by atoms with Crippen LogP contribution in [0.4, 0.5) is 0 Å². The minimum Gasteiger partial charge on any atom is -0.481 e. The van der Waals surface area contributed by atoms with Crippen LogP contribution in [0, 0.1) is 0 Å². The van der Waals surface area contributed by atoms with Crippen molar-refractivity contribution in [1.82, 2.24) is 0 Å². The van der Waals surface area contributed by atoms with E-state index in [1.807, 2.05) is 0 Å². The molecule has 0 aromatic carbocycles. The molecule has 1 unspecified atom stereocenters. The summed E-state index contributed by atoms with van der Waals surface area (Å²) in [4.78, 5) is 22.6. The van der Waals surface area contributed by atoms with E-state index in [-0.39, 0.29) is 12.1 Å². The molecular formula is C41H78O4. The monoisotopic (exact) mass is 635 g/mol. The van der Waals surface area contributed by atoms with E-state index < -0.39 is 5.97 Å². The van der Waals surface area contributed by atoms with E-state index in [0.717, 1.165) is 32.1 Å². The largest absolute Gasteiger partial charge is 0.481 e. The molecule has 1 N–H and O–H groups in total. The second kappa shape index (κ2) is 37.1. The maximum Gasteiger partial charge on any atom is 0.306 e. The fourth-order valence-corrected chi connectivity index (χ4v) is 6.22. The molecule has 0 saturated heterocycles. The van der Waals surface area contributed by atoms with Crippen LogP contribution >= 0.6 is 0 Å². The first-order chi connectivity index (χ1) is 22.1. The lowest BCUT2D eigenvalue weighted by atomic mass is 10.0. The third-order valence-corrected chi connectivity index (χ3v) is 9.23. The van der Waals surface area contributed by atoms with Gasteiger partial charge in [-0.05, 0) is 58.3 Å². The molecule has 4 nitrogen and oxygen atoms in total. The number of carbonyl (C=O) groups excluding carboxylic acids is 1. The molecule has 0 aromatic rings. The van der Waals surface area contributed by atoms with Gasteiger partial charge in [0.25, 0.3) is 0 Å². The van der Waals surface area contributed by atoms with E-state index in [2.05, 4.69) is 26.0 Å². The van der Waals surface area contributed by atoms with Crippen LogP contribution in [0.25, 0.3) is 0 Å². The number of unbranched alkanes of at least 4 members (excludes halogenated alkanes) is 28. The molecule has 0 bridgehead atoms. The Morgan fingerprint density at radius 3 is 1.22 bits per heavy atom. The predicted molar refractivity (Wildman–Crippen MR) is 195 cm³/mol. The van der Waals surface area contributed by atoms with Crippen LogP contribution in [0.1, 0.15) is 232 Å². The number of carboxylic acid groups (broad SMARTS) is 1. The number of carbonyl (C=O) groups is 2. The molecule has 4 heteroatoms. The molecule has 0 aliphatic rings. The fraction of sp³-hybridized carbons (Fsp3) is 0.902. The number of esters is 1. The number of rotatable bonds is 37. The van der Waals surface area contributed by atoms with E-state index in [1.165, 1.54) is 173 Å². The minimum absolute atomic E-state index is 0.00451. The summed E-state index contributed by atoms with van der Waals surface area (Å²) >= 11 is 0. The molecule has 45 heavy (non-hydrogen) atoms. The number of hydrogen-bond acceptors (Lipinski definition) is 3. The van der Waals surface area contributed by atoms with Crippen LogP contribution in [-0.2, 0) is 14.3 Å². The molecule has 266 valence electrons. The summed E-state index contributed by atoms with van der Waals surface area (Å²) in [5.41, 5.74) is 0. The highest BCUT2D eigenvalue weighted by atomic mass is 16.5. The number of aliphatic carboxylic acids is 1. The number of ether oxygens (including phenoxy) is 1. The Kier molecular flexibility index (Phi) is 36.1. The van der Waals surface area contributed by atoms with Crippen LogP contribution in [-0.4, -0.2) is 23.1 Å². The maximum atomic E-state index is 12.2. The Balaban J connectivity index is 3.28. The van der Waals surface area contributed by atoms with Crippen molar-refractivity contribution in [1.29, 1.82) is 0 Å². The van der Waals surface area contributed by atoms with Gasteiger partial charge >= 0.3 is 11.9 Å². The van der Waals surface area contributed by atoms with Crippen molar-refractivity contribution in [2.75, 3.05) is 0 Å². The summed E-state index contributed by atoms with van der Waals surface area (Å²) in [5.74, 6) is -0.655. The lowest BCUT2D eigenvalue weighted by Crippen LogP contribution is -2.14. The van der Waals surface area contributed by atoms with Gasteiger partial charge in [-0.25, -0.2) is 0 Å². The number of hydrogen-bond donors (Lipinski definition) is 1. The smallest absolute Gasteiger partial charge is 0.306 e. The summed E-state index contributed by atoms with van der Waals surface area (Å²) in [6.45, 7) is 4.33. The van der Waals surface area contributed by atoms with Crippen LogP contribution in [0.5, 0.6) is 0 Å². The number of allylic oxidation sites excluding steroid dienone is 2. The summed E-state index contributed by atoms with van der Waals surface area (Å²) in [5, 5.41) is 8.64. The van der Waals surface area contributed by atoms with Gasteiger partial charge in [0.2, 0.25) is 0 Å². The molecule has 0 aliphatic heterocycles. The van der Waals surface area contributed by atoms with Crippen molar-refractivity contribution in [3.63, 3.8) is 0 Å².